The number of rotatable bonds is 4. The van der Waals surface area contributed by atoms with Crippen LogP contribution < -0.4 is 11.1 Å². The highest BCUT2D eigenvalue weighted by Gasteiger charge is 2.28. The van der Waals surface area contributed by atoms with E-state index in [-0.39, 0.29) is 17.7 Å². The van der Waals surface area contributed by atoms with Crippen molar-refractivity contribution >= 4 is 11.8 Å². The van der Waals surface area contributed by atoms with Crippen LogP contribution in [0, 0.1) is 19.8 Å². The molecule has 5 heteroatoms. The summed E-state index contributed by atoms with van der Waals surface area (Å²) in [7, 11) is 0. The van der Waals surface area contributed by atoms with Crippen LogP contribution in [0.25, 0.3) is 0 Å². The molecule has 0 bridgehead atoms. The summed E-state index contributed by atoms with van der Waals surface area (Å²) in [5, 5.41) is 2.82. The van der Waals surface area contributed by atoms with E-state index in [0.717, 1.165) is 24.0 Å². The maximum atomic E-state index is 12.7. The van der Waals surface area contributed by atoms with Gasteiger partial charge in [0.15, 0.2) is 0 Å². The van der Waals surface area contributed by atoms with Gasteiger partial charge in [0.2, 0.25) is 5.91 Å². The molecule has 2 amide bonds. The summed E-state index contributed by atoms with van der Waals surface area (Å²) in [6.45, 7) is 6.10. The molecule has 120 valence electrons. The molecule has 0 saturated carbocycles. The van der Waals surface area contributed by atoms with E-state index >= 15 is 0 Å². The maximum Gasteiger partial charge on any atom is 0.253 e. The third-order valence-corrected chi connectivity index (χ3v) is 3.99. The monoisotopic (exact) mass is 303 g/mol. The number of nitrogens with two attached hydrogens (primary N) is 1. The third kappa shape index (κ3) is 4.07. The van der Waals surface area contributed by atoms with Crippen molar-refractivity contribution < 1.29 is 9.59 Å². The molecule has 22 heavy (non-hydrogen) atoms. The lowest BCUT2D eigenvalue weighted by Crippen LogP contribution is -2.46. The Labute approximate surface area is 131 Å². The fourth-order valence-electron chi connectivity index (χ4n) is 3.00. The average Bonchev–Trinajstić information content (AvgIpc) is 2.51. The summed E-state index contributed by atoms with van der Waals surface area (Å²) in [6.07, 6.45) is 1.68. The number of hydrogen-bond acceptors (Lipinski definition) is 3. The molecule has 1 aromatic rings. The van der Waals surface area contributed by atoms with Crippen molar-refractivity contribution in [1.82, 2.24) is 10.2 Å². The molecule has 3 N–H and O–H groups in total. The Balaban J connectivity index is 2.05. The Morgan fingerprint density at radius 1 is 1.27 bits per heavy atom. The number of carbonyl (C=O) groups excluding carboxylic acids is 2. The molecule has 0 aliphatic carbocycles. The Bertz CT molecular complexity index is 537. The predicted molar refractivity (Wildman–Crippen MR) is 86.6 cm³/mol. The summed E-state index contributed by atoms with van der Waals surface area (Å²) in [4.78, 5) is 26.5. The smallest absolute Gasteiger partial charge is 0.253 e. The van der Waals surface area contributed by atoms with Crippen molar-refractivity contribution in [3.8, 4) is 0 Å². The zero-order chi connectivity index (χ0) is 16.1. The zero-order valence-corrected chi connectivity index (χ0v) is 13.4. The quantitative estimate of drug-likeness (QED) is 0.878. The number of likely N-dealkylation sites (tertiary alicyclic amines) is 1. The van der Waals surface area contributed by atoms with Gasteiger partial charge < -0.3 is 16.0 Å². The van der Waals surface area contributed by atoms with Crippen molar-refractivity contribution in [2.75, 3.05) is 26.2 Å². The first-order valence-electron chi connectivity index (χ1n) is 7.86. The minimum absolute atomic E-state index is 0.00312. The van der Waals surface area contributed by atoms with Crippen LogP contribution in [0.4, 0.5) is 0 Å². The van der Waals surface area contributed by atoms with Gasteiger partial charge in [0.25, 0.3) is 5.91 Å². The van der Waals surface area contributed by atoms with Crippen molar-refractivity contribution in [3.05, 3.63) is 34.9 Å². The molecule has 1 atom stereocenters. The third-order valence-electron chi connectivity index (χ3n) is 3.99. The van der Waals surface area contributed by atoms with Gasteiger partial charge in [-0.1, -0.05) is 17.2 Å². The largest absolute Gasteiger partial charge is 0.355 e. The van der Waals surface area contributed by atoms with Crippen molar-refractivity contribution in [1.29, 1.82) is 0 Å². The van der Waals surface area contributed by atoms with E-state index in [2.05, 4.69) is 11.4 Å². The molecule has 1 fully saturated rings. The topological polar surface area (TPSA) is 75.4 Å². The molecule has 0 radical (unpaired) electrons. The summed E-state index contributed by atoms with van der Waals surface area (Å²) in [6, 6.07) is 5.87. The number of piperidine rings is 1. The highest BCUT2D eigenvalue weighted by Crippen LogP contribution is 2.20. The maximum absolute atomic E-state index is 12.7. The van der Waals surface area contributed by atoms with E-state index in [1.165, 1.54) is 0 Å². The lowest BCUT2D eigenvalue weighted by atomic mass is 9.96. The van der Waals surface area contributed by atoms with Crippen LogP contribution in [-0.4, -0.2) is 42.9 Å². The Morgan fingerprint density at radius 3 is 2.59 bits per heavy atom. The normalized spacial score (nSPS) is 18.1. The fourth-order valence-corrected chi connectivity index (χ4v) is 3.00. The van der Waals surface area contributed by atoms with Gasteiger partial charge in [-0.05, 0) is 38.8 Å². The lowest BCUT2D eigenvalue weighted by molar-refractivity contribution is -0.126. The van der Waals surface area contributed by atoms with E-state index in [4.69, 9.17) is 5.73 Å². The number of amides is 2. The standard InChI is InChI=1S/C17H25N3O2/c1-12-8-13(2)10-15(9-12)17(22)20-7-3-4-14(11-20)16(21)19-6-5-18/h8-10,14H,3-7,11,18H2,1-2H3,(H,19,21). The van der Waals surface area contributed by atoms with Gasteiger partial charge in [-0.2, -0.15) is 0 Å². The molecule has 1 aliphatic heterocycles. The minimum Gasteiger partial charge on any atom is -0.355 e. The lowest BCUT2D eigenvalue weighted by Gasteiger charge is -2.32. The highest BCUT2D eigenvalue weighted by molar-refractivity contribution is 5.95. The van der Waals surface area contributed by atoms with Gasteiger partial charge >= 0.3 is 0 Å². The van der Waals surface area contributed by atoms with Gasteiger partial charge in [-0.15, -0.1) is 0 Å². The first-order valence-corrected chi connectivity index (χ1v) is 7.86. The minimum atomic E-state index is -0.129. The number of nitrogens with one attached hydrogen (secondary N) is 1. The summed E-state index contributed by atoms with van der Waals surface area (Å²) in [5.41, 5.74) is 8.28. The molecule has 1 saturated heterocycles. The molecule has 0 spiro atoms. The van der Waals surface area contributed by atoms with E-state index in [0.29, 0.717) is 31.7 Å². The second-order valence-electron chi connectivity index (χ2n) is 6.05. The SMILES string of the molecule is Cc1cc(C)cc(C(=O)N2CCCC(C(=O)NCCN)C2)c1. The second kappa shape index (κ2) is 7.40. The predicted octanol–water partition coefficient (Wildman–Crippen LogP) is 1.23. The summed E-state index contributed by atoms with van der Waals surface area (Å²) in [5.74, 6) is -0.110. The Kier molecular flexibility index (Phi) is 5.55. The number of carbonyl (C=O) groups is 2. The van der Waals surface area contributed by atoms with Crippen LogP contribution in [0.15, 0.2) is 18.2 Å². The molecule has 1 aromatic carbocycles. The van der Waals surface area contributed by atoms with Crippen molar-refractivity contribution in [3.63, 3.8) is 0 Å². The van der Waals surface area contributed by atoms with Crippen molar-refractivity contribution in [2.24, 2.45) is 11.7 Å². The highest BCUT2D eigenvalue weighted by atomic mass is 16.2. The first-order chi connectivity index (χ1) is 10.5. The van der Waals surface area contributed by atoms with E-state index in [9.17, 15) is 9.59 Å². The molecule has 1 aliphatic rings. The van der Waals surface area contributed by atoms with Crippen molar-refractivity contribution in [2.45, 2.75) is 26.7 Å². The van der Waals surface area contributed by atoms with Gasteiger partial charge in [0.05, 0.1) is 5.92 Å². The molecular weight excluding hydrogens is 278 g/mol. The molecule has 0 aromatic heterocycles. The van der Waals surface area contributed by atoms with Crippen LogP contribution in [0.1, 0.15) is 34.3 Å². The summed E-state index contributed by atoms with van der Waals surface area (Å²) >= 11 is 0. The molecule has 5 nitrogen and oxygen atoms in total. The van der Waals surface area contributed by atoms with Crippen LogP contribution in [0.5, 0.6) is 0 Å². The average molecular weight is 303 g/mol. The number of nitrogens with zero attached hydrogens (tertiary/aromatic N) is 1. The van der Waals surface area contributed by atoms with Gasteiger partial charge in [0, 0.05) is 31.7 Å². The second-order valence-corrected chi connectivity index (χ2v) is 6.05. The van der Waals surface area contributed by atoms with E-state index in [1.54, 1.807) is 4.90 Å². The number of aryl methyl sites for hydroxylation is 2. The molecule has 1 unspecified atom stereocenters. The van der Waals surface area contributed by atoms with Crippen LogP contribution in [0.3, 0.4) is 0 Å². The van der Waals surface area contributed by atoms with Gasteiger partial charge in [-0.25, -0.2) is 0 Å². The summed E-state index contributed by atoms with van der Waals surface area (Å²) < 4.78 is 0. The Morgan fingerprint density at radius 2 is 1.95 bits per heavy atom. The van der Waals surface area contributed by atoms with Crippen LogP contribution in [0.2, 0.25) is 0 Å². The fraction of sp³-hybridized carbons (Fsp3) is 0.529. The number of benzene rings is 1. The van der Waals surface area contributed by atoms with Crippen LogP contribution >= 0.6 is 0 Å². The first kappa shape index (κ1) is 16.5. The molecular formula is C17H25N3O2. The number of hydrogen-bond donors (Lipinski definition) is 2. The van der Waals surface area contributed by atoms with E-state index < -0.39 is 0 Å². The van der Waals surface area contributed by atoms with E-state index in [1.807, 2.05) is 26.0 Å². The molecule has 1 heterocycles. The van der Waals surface area contributed by atoms with Crippen LogP contribution in [-0.2, 0) is 4.79 Å². The Hall–Kier alpha value is -1.88. The molecule has 2 rings (SSSR count). The van der Waals surface area contributed by atoms with Gasteiger partial charge in [-0.3, -0.25) is 9.59 Å². The zero-order valence-electron chi connectivity index (χ0n) is 13.4. The van der Waals surface area contributed by atoms with Gasteiger partial charge in [0.1, 0.15) is 0 Å².